The summed E-state index contributed by atoms with van der Waals surface area (Å²) in [6, 6.07) is 3.66. The Hall–Kier alpha value is -0.960. The number of hydrogen-bond acceptors (Lipinski definition) is 1. The zero-order valence-electron chi connectivity index (χ0n) is 9.89. The van der Waals surface area contributed by atoms with Crippen molar-refractivity contribution < 1.29 is 8.78 Å². The minimum Gasteiger partial charge on any atom is -0.319 e. The zero-order valence-corrected chi connectivity index (χ0v) is 9.89. The number of hydrogen-bond donors (Lipinski definition) is 1. The molecular weight excluding hydrogens is 208 g/mol. The van der Waals surface area contributed by atoms with Crippen LogP contribution in [0.15, 0.2) is 18.2 Å². The first-order valence-corrected chi connectivity index (χ1v) is 5.75. The van der Waals surface area contributed by atoms with Crippen molar-refractivity contribution in [1.82, 2.24) is 5.32 Å². The normalized spacial score (nSPS) is 12.8. The fraction of sp³-hybridized carbons (Fsp3) is 0.538. The maximum atomic E-state index is 13.4. The largest absolute Gasteiger partial charge is 0.319 e. The van der Waals surface area contributed by atoms with Gasteiger partial charge >= 0.3 is 0 Å². The van der Waals surface area contributed by atoms with Gasteiger partial charge in [0.1, 0.15) is 11.6 Å². The average molecular weight is 227 g/mol. The molecule has 1 aromatic carbocycles. The van der Waals surface area contributed by atoms with Crippen molar-refractivity contribution in [2.45, 2.75) is 26.2 Å². The molecule has 0 aromatic heterocycles. The molecule has 0 aliphatic carbocycles. The smallest absolute Gasteiger partial charge is 0.126 e. The fourth-order valence-electron chi connectivity index (χ4n) is 1.98. The SMILES string of the molecule is CCCC(CNC)Cc1cc(F)ccc1F. The van der Waals surface area contributed by atoms with Gasteiger partial charge in [-0.1, -0.05) is 13.3 Å². The lowest BCUT2D eigenvalue weighted by Gasteiger charge is -2.16. The van der Waals surface area contributed by atoms with Gasteiger partial charge in [-0.3, -0.25) is 0 Å². The Labute approximate surface area is 95.9 Å². The molecule has 0 saturated heterocycles. The zero-order chi connectivity index (χ0) is 12.0. The van der Waals surface area contributed by atoms with E-state index in [-0.39, 0.29) is 11.6 Å². The second-order valence-corrected chi connectivity index (χ2v) is 4.15. The molecule has 1 nitrogen and oxygen atoms in total. The highest BCUT2D eigenvalue weighted by atomic mass is 19.1. The second kappa shape index (κ2) is 6.59. The van der Waals surface area contributed by atoms with Crippen LogP contribution in [0.3, 0.4) is 0 Å². The first kappa shape index (κ1) is 13.1. The molecule has 1 rings (SSSR count). The maximum absolute atomic E-state index is 13.4. The Bertz CT molecular complexity index is 320. The summed E-state index contributed by atoms with van der Waals surface area (Å²) in [5.74, 6) is -0.305. The third kappa shape index (κ3) is 3.89. The van der Waals surface area contributed by atoms with Crippen molar-refractivity contribution in [1.29, 1.82) is 0 Å². The number of nitrogens with one attached hydrogen (secondary N) is 1. The van der Waals surface area contributed by atoms with Crippen LogP contribution in [0.25, 0.3) is 0 Å². The van der Waals surface area contributed by atoms with E-state index in [0.29, 0.717) is 17.9 Å². The third-order valence-electron chi connectivity index (χ3n) is 2.71. The van der Waals surface area contributed by atoms with Gasteiger partial charge in [0.15, 0.2) is 0 Å². The van der Waals surface area contributed by atoms with Gasteiger partial charge in [0.2, 0.25) is 0 Å². The van der Waals surface area contributed by atoms with Crippen LogP contribution in [0, 0.1) is 17.6 Å². The minimum atomic E-state index is -0.365. The molecule has 0 amide bonds. The predicted molar refractivity (Wildman–Crippen MR) is 62.4 cm³/mol. The number of rotatable bonds is 6. The molecule has 90 valence electrons. The summed E-state index contributed by atoms with van der Waals surface area (Å²) < 4.78 is 26.4. The summed E-state index contributed by atoms with van der Waals surface area (Å²) in [7, 11) is 1.88. The molecule has 0 spiro atoms. The number of benzene rings is 1. The van der Waals surface area contributed by atoms with Crippen LogP contribution in [0.4, 0.5) is 8.78 Å². The van der Waals surface area contributed by atoms with Gasteiger partial charge in [-0.15, -0.1) is 0 Å². The average Bonchev–Trinajstić information content (AvgIpc) is 2.24. The maximum Gasteiger partial charge on any atom is 0.126 e. The molecule has 1 N–H and O–H groups in total. The molecule has 0 fully saturated rings. The molecule has 1 unspecified atom stereocenters. The molecule has 0 saturated carbocycles. The highest BCUT2D eigenvalue weighted by molar-refractivity contribution is 5.19. The second-order valence-electron chi connectivity index (χ2n) is 4.15. The Morgan fingerprint density at radius 1 is 1.31 bits per heavy atom. The van der Waals surface area contributed by atoms with Crippen molar-refractivity contribution in [2.24, 2.45) is 5.92 Å². The van der Waals surface area contributed by atoms with Gasteiger partial charge in [-0.2, -0.15) is 0 Å². The Kier molecular flexibility index (Phi) is 5.39. The first-order valence-electron chi connectivity index (χ1n) is 5.75. The summed E-state index contributed by atoms with van der Waals surface area (Å²) in [6.45, 7) is 2.94. The lowest BCUT2D eigenvalue weighted by molar-refractivity contribution is 0.445. The summed E-state index contributed by atoms with van der Waals surface area (Å²) in [5, 5.41) is 3.09. The van der Waals surface area contributed by atoms with Crippen LogP contribution in [0.5, 0.6) is 0 Å². The van der Waals surface area contributed by atoms with E-state index in [0.717, 1.165) is 25.5 Å². The van der Waals surface area contributed by atoms with Gasteiger partial charge in [-0.05, 0) is 56.1 Å². The molecule has 0 aliphatic rings. The van der Waals surface area contributed by atoms with Crippen LogP contribution in [-0.4, -0.2) is 13.6 Å². The summed E-state index contributed by atoms with van der Waals surface area (Å²) in [4.78, 5) is 0. The van der Waals surface area contributed by atoms with Crippen molar-refractivity contribution >= 4 is 0 Å². The molecule has 16 heavy (non-hydrogen) atoms. The molecule has 0 heterocycles. The summed E-state index contributed by atoms with van der Waals surface area (Å²) in [6.07, 6.45) is 2.68. The van der Waals surface area contributed by atoms with Crippen LogP contribution in [0.2, 0.25) is 0 Å². The van der Waals surface area contributed by atoms with Gasteiger partial charge < -0.3 is 5.32 Å². The molecule has 1 atom stereocenters. The molecule has 0 radical (unpaired) electrons. The molecule has 0 aliphatic heterocycles. The Morgan fingerprint density at radius 3 is 2.69 bits per heavy atom. The standard InChI is InChI=1S/C13H19F2N/c1-3-4-10(9-16-2)7-11-8-12(14)5-6-13(11)15/h5-6,8,10,16H,3-4,7,9H2,1-2H3. The van der Waals surface area contributed by atoms with Crippen molar-refractivity contribution in [3.63, 3.8) is 0 Å². The van der Waals surface area contributed by atoms with Crippen LogP contribution >= 0.6 is 0 Å². The summed E-state index contributed by atoms with van der Waals surface area (Å²) >= 11 is 0. The fourth-order valence-corrected chi connectivity index (χ4v) is 1.98. The number of halogens is 2. The summed E-state index contributed by atoms with van der Waals surface area (Å²) in [5.41, 5.74) is 0.480. The van der Waals surface area contributed by atoms with E-state index < -0.39 is 0 Å². The Morgan fingerprint density at radius 2 is 2.06 bits per heavy atom. The van der Waals surface area contributed by atoms with E-state index in [9.17, 15) is 8.78 Å². The minimum absolute atomic E-state index is 0.307. The highest BCUT2D eigenvalue weighted by Gasteiger charge is 2.11. The first-order chi connectivity index (χ1) is 7.67. The van der Waals surface area contributed by atoms with Crippen molar-refractivity contribution in [3.8, 4) is 0 Å². The van der Waals surface area contributed by atoms with Crippen LogP contribution in [0.1, 0.15) is 25.3 Å². The van der Waals surface area contributed by atoms with Gasteiger partial charge in [0, 0.05) is 0 Å². The van der Waals surface area contributed by atoms with E-state index in [2.05, 4.69) is 12.2 Å². The van der Waals surface area contributed by atoms with Crippen LogP contribution < -0.4 is 5.32 Å². The monoisotopic (exact) mass is 227 g/mol. The Balaban J connectivity index is 2.71. The van der Waals surface area contributed by atoms with E-state index in [1.165, 1.54) is 12.1 Å². The predicted octanol–water partition coefficient (Wildman–Crippen LogP) is 3.14. The quantitative estimate of drug-likeness (QED) is 0.787. The van der Waals surface area contributed by atoms with Gasteiger partial charge in [-0.25, -0.2) is 8.78 Å². The molecule has 3 heteroatoms. The highest BCUT2D eigenvalue weighted by Crippen LogP contribution is 2.17. The van der Waals surface area contributed by atoms with E-state index in [4.69, 9.17) is 0 Å². The topological polar surface area (TPSA) is 12.0 Å². The van der Waals surface area contributed by atoms with Crippen molar-refractivity contribution in [2.75, 3.05) is 13.6 Å². The lowest BCUT2D eigenvalue weighted by Crippen LogP contribution is -2.21. The van der Waals surface area contributed by atoms with Gasteiger partial charge in [0.25, 0.3) is 0 Å². The molecule has 1 aromatic rings. The van der Waals surface area contributed by atoms with E-state index in [1.807, 2.05) is 7.05 Å². The lowest BCUT2D eigenvalue weighted by atomic mass is 9.94. The van der Waals surface area contributed by atoms with Crippen molar-refractivity contribution in [3.05, 3.63) is 35.4 Å². The molecule has 0 bridgehead atoms. The van der Waals surface area contributed by atoms with E-state index >= 15 is 0 Å². The molecular formula is C13H19F2N. The van der Waals surface area contributed by atoms with E-state index in [1.54, 1.807) is 0 Å². The van der Waals surface area contributed by atoms with Gasteiger partial charge in [0.05, 0.1) is 0 Å². The third-order valence-corrected chi connectivity index (χ3v) is 2.71. The van der Waals surface area contributed by atoms with Crippen LogP contribution in [-0.2, 0) is 6.42 Å².